The number of fused-ring (bicyclic) bond motifs is 1. The van der Waals surface area contributed by atoms with Crippen molar-refractivity contribution < 1.29 is 23.1 Å². The first kappa shape index (κ1) is 30.5. The minimum Gasteiger partial charge on any atom is -0.497 e. The molecule has 0 spiro atoms. The van der Waals surface area contributed by atoms with Crippen LogP contribution in [-0.2, 0) is 21.4 Å². The molecule has 1 aliphatic carbocycles. The van der Waals surface area contributed by atoms with Gasteiger partial charge in [0.25, 0.3) is 0 Å². The van der Waals surface area contributed by atoms with E-state index in [4.69, 9.17) is 4.74 Å². The Morgan fingerprint density at radius 2 is 1.73 bits per heavy atom. The molecule has 2 aromatic carbocycles. The number of aliphatic hydroxyl groups is 1. The van der Waals surface area contributed by atoms with Gasteiger partial charge in [-0.25, -0.2) is 8.42 Å². The van der Waals surface area contributed by atoms with Gasteiger partial charge in [-0.3, -0.25) is 9.69 Å². The third-order valence-electron chi connectivity index (χ3n) is 8.06. The van der Waals surface area contributed by atoms with Crippen LogP contribution in [0.15, 0.2) is 59.5 Å². The SMILES string of the molecule is COc1ccc(S(=O)(=O)N(Cc2ccccc2)C[C@H](O)CN2C[C@H]3CCCC[C@H]3C[C@H]2C(=O)NC(C)(C)C)cc1. The van der Waals surface area contributed by atoms with E-state index in [-0.39, 0.29) is 42.0 Å². The number of likely N-dealkylation sites (tertiary alicyclic amines) is 1. The molecule has 1 heterocycles. The number of nitrogens with zero attached hydrogens (tertiary/aromatic N) is 2. The lowest BCUT2D eigenvalue weighted by atomic mass is 9.72. The molecule has 2 aliphatic rings. The predicted molar refractivity (Wildman–Crippen MR) is 156 cm³/mol. The van der Waals surface area contributed by atoms with Gasteiger partial charge in [-0.1, -0.05) is 49.6 Å². The van der Waals surface area contributed by atoms with E-state index in [0.29, 0.717) is 17.6 Å². The Balaban J connectivity index is 1.55. The van der Waals surface area contributed by atoms with E-state index in [0.717, 1.165) is 31.4 Å². The highest BCUT2D eigenvalue weighted by Gasteiger charge is 2.41. The average molecular weight is 572 g/mol. The van der Waals surface area contributed by atoms with Crippen molar-refractivity contribution in [2.24, 2.45) is 11.8 Å². The summed E-state index contributed by atoms with van der Waals surface area (Å²) in [7, 11) is -2.38. The van der Waals surface area contributed by atoms with Gasteiger partial charge in [0, 0.05) is 31.7 Å². The number of hydrogen-bond donors (Lipinski definition) is 2. The smallest absolute Gasteiger partial charge is 0.243 e. The number of carbonyl (C=O) groups is 1. The maximum absolute atomic E-state index is 13.8. The van der Waals surface area contributed by atoms with Crippen LogP contribution in [0.2, 0.25) is 0 Å². The maximum Gasteiger partial charge on any atom is 0.243 e. The number of hydrogen-bond acceptors (Lipinski definition) is 6. The first-order chi connectivity index (χ1) is 19.0. The Morgan fingerprint density at radius 1 is 1.07 bits per heavy atom. The van der Waals surface area contributed by atoms with Crippen LogP contribution in [0, 0.1) is 11.8 Å². The van der Waals surface area contributed by atoms with Gasteiger partial charge in [-0.15, -0.1) is 0 Å². The van der Waals surface area contributed by atoms with Gasteiger partial charge >= 0.3 is 0 Å². The molecule has 1 amide bonds. The Morgan fingerprint density at radius 3 is 2.35 bits per heavy atom. The number of amides is 1. The zero-order valence-electron chi connectivity index (χ0n) is 24.3. The molecule has 1 saturated carbocycles. The first-order valence-electron chi connectivity index (χ1n) is 14.4. The summed E-state index contributed by atoms with van der Waals surface area (Å²) in [6, 6.07) is 15.3. The third-order valence-corrected chi connectivity index (χ3v) is 9.89. The van der Waals surface area contributed by atoms with Crippen molar-refractivity contribution >= 4 is 15.9 Å². The number of methoxy groups -OCH3 is 1. The number of piperidine rings is 1. The van der Waals surface area contributed by atoms with Crippen LogP contribution in [0.25, 0.3) is 0 Å². The summed E-state index contributed by atoms with van der Waals surface area (Å²) in [6.45, 7) is 6.94. The second kappa shape index (κ2) is 13.0. The molecule has 2 aromatic rings. The number of nitrogens with one attached hydrogen (secondary N) is 1. The van der Waals surface area contributed by atoms with Crippen LogP contribution in [0.3, 0.4) is 0 Å². The highest BCUT2D eigenvalue weighted by atomic mass is 32.2. The van der Waals surface area contributed by atoms with Crippen molar-refractivity contribution in [2.75, 3.05) is 26.7 Å². The molecule has 1 saturated heterocycles. The zero-order chi connectivity index (χ0) is 28.9. The van der Waals surface area contributed by atoms with E-state index in [1.807, 2.05) is 51.1 Å². The van der Waals surface area contributed by atoms with E-state index in [1.165, 1.54) is 36.4 Å². The monoisotopic (exact) mass is 571 g/mol. The van der Waals surface area contributed by atoms with Crippen molar-refractivity contribution in [3.05, 3.63) is 60.2 Å². The van der Waals surface area contributed by atoms with Crippen LogP contribution in [-0.4, -0.2) is 73.1 Å². The van der Waals surface area contributed by atoms with Crippen molar-refractivity contribution in [1.82, 2.24) is 14.5 Å². The molecular formula is C31H45N3O5S. The fourth-order valence-electron chi connectivity index (χ4n) is 6.12. The third kappa shape index (κ3) is 7.84. The number of sulfonamides is 1. The summed E-state index contributed by atoms with van der Waals surface area (Å²) in [4.78, 5) is 15.6. The lowest BCUT2D eigenvalue weighted by Crippen LogP contribution is -2.59. The van der Waals surface area contributed by atoms with E-state index in [9.17, 15) is 18.3 Å². The van der Waals surface area contributed by atoms with Gasteiger partial charge < -0.3 is 15.2 Å². The molecule has 2 N–H and O–H groups in total. The number of carbonyl (C=O) groups excluding carboxylic acids is 1. The number of rotatable bonds is 10. The van der Waals surface area contributed by atoms with Crippen LogP contribution in [0.4, 0.5) is 0 Å². The standard InChI is InChI=1S/C31H45N3O5S/c1-31(2,3)32-30(36)29-18-24-12-8-9-13-25(24)20-33(29)21-26(35)22-34(19-23-10-6-5-7-11-23)40(37,38)28-16-14-27(39-4)15-17-28/h5-7,10-11,14-17,24-26,29,35H,8-9,12-13,18-22H2,1-4H3,(H,32,36)/t24-,25+,26+,29-/m0/s1. The quantitative estimate of drug-likeness (QED) is 0.447. The first-order valence-corrected chi connectivity index (χ1v) is 15.8. The molecule has 40 heavy (non-hydrogen) atoms. The molecule has 4 atom stereocenters. The lowest BCUT2D eigenvalue weighted by molar-refractivity contribution is -0.132. The van der Waals surface area contributed by atoms with Crippen LogP contribution in [0.1, 0.15) is 58.4 Å². The molecule has 4 rings (SSSR count). The molecule has 220 valence electrons. The molecule has 8 nitrogen and oxygen atoms in total. The summed E-state index contributed by atoms with van der Waals surface area (Å²) in [5, 5.41) is 14.5. The van der Waals surface area contributed by atoms with Gasteiger partial charge in [-0.05, 0) is 75.3 Å². The number of benzene rings is 2. The molecule has 1 aliphatic heterocycles. The number of β-amino-alcohol motifs (C(OH)–C–C–N with tert-alkyl or cyclic N) is 1. The Hall–Kier alpha value is -2.46. The molecule has 2 fully saturated rings. The van der Waals surface area contributed by atoms with E-state index >= 15 is 0 Å². The highest BCUT2D eigenvalue weighted by molar-refractivity contribution is 7.89. The molecule has 9 heteroatoms. The van der Waals surface area contributed by atoms with Crippen molar-refractivity contribution in [2.45, 2.75) is 82.0 Å². The Bertz CT molecular complexity index is 1210. The van der Waals surface area contributed by atoms with E-state index in [2.05, 4.69) is 10.2 Å². The predicted octanol–water partition coefficient (Wildman–Crippen LogP) is 4.04. The molecule has 0 bridgehead atoms. The van der Waals surface area contributed by atoms with Crippen molar-refractivity contribution in [1.29, 1.82) is 0 Å². The van der Waals surface area contributed by atoms with Gasteiger partial charge in [0.05, 0.1) is 24.2 Å². The minimum atomic E-state index is -3.91. The normalized spacial score (nSPS) is 22.9. The van der Waals surface area contributed by atoms with Crippen LogP contribution < -0.4 is 10.1 Å². The van der Waals surface area contributed by atoms with Gasteiger partial charge in [0.2, 0.25) is 15.9 Å². The summed E-state index contributed by atoms with van der Waals surface area (Å²) in [5.74, 6) is 1.57. The fourth-order valence-corrected chi connectivity index (χ4v) is 7.59. The van der Waals surface area contributed by atoms with Gasteiger partial charge in [0.1, 0.15) is 5.75 Å². The molecular weight excluding hydrogens is 526 g/mol. The largest absolute Gasteiger partial charge is 0.497 e. The van der Waals surface area contributed by atoms with Gasteiger partial charge in [0.15, 0.2) is 0 Å². The average Bonchev–Trinajstić information content (AvgIpc) is 2.92. The second-order valence-electron chi connectivity index (χ2n) is 12.4. The zero-order valence-corrected chi connectivity index (χ0v) is 25.1. The summed E-state index contributed by atoms with van der Waals surface area (Å²) < 4.78 is 34.1. The van der Waals surface area contributed by atoms with E-state index in [1.54, 1.807) is 12.1 Å². The van der Waals surface area contributed by atoms with Crippen LogP contribution in [0.5, 0.6) is 5.75 Å². The fraction of sp³-hybridized carbons (Fsp3) is 0.581. The number of aliphatic hydroxyl groups excluding tert-OH is 1. The number of ether oxygens (including phenoxy) is 1. The topological polar surface area (TPSA) is 99.2 Å². The second-order valence-corrected chi connectivity index (χ2v) is 14.3. The van der Waals surface area contributed by atoms with Gasteiger partial charge in [-0.2, -0.15) is 4.31 Å². The Labute approximate surface area is 239 Å². The Kier molecular flexibility index (Phi) is 9.93. The maximum atomic E-state index is 13.8. The summed E-state index contributed by atoms with van der Waals surface area (Å²) in [5.41, 5.74) is 0.473. The summed E-state index contributed by atoms with van der Waals surface area (Å²) >= 11 is 0. The van der Waals surface area contributed by atoms with Crippen molar-refractivity contribution in [3.8, 4) is 5.75 Å². The molecule has 0 unspecified atom stereocenters. The molecule has 0 aromatic heterocycles. The van der Waals surface area contributed by atoms with Crippen molar-refractivity contribution in [3.63, 3.8) is 0 Å². The summed E-state index contributed by atoms with van der Waals surface area (Å²) in [6.07, 6.45) is 4.48. The molecule has 0 radical (unpaired) electrons. The van der Waals surface area contributed by atoms with E-state index < -0.39 is 16.1 Å². The highest BCUT2D eigenvalue weighted by Crippen LogP contribution is 2.39. The lowest BCUT2D eigenvalue weighted by Gasteiger charge is -2.46. The minimum absolute atomic E-state index is 0.0179. The van der Waals surface area contributed by atoms with Crippen LogP contribution >= 0.6 is 0 Å².